The van der Waals surface area contributed by atoms with Gasteiger partial charge in [-0.3, -0.25) is 9.58 Å². The van der Waals surface area contributed by atoms with Crippen LogP contribution in [-0.2, 0) is 20.0 Å². The molecule has 26 heavy (non-hydrogen) atoms. The molecule has 1 aliphatic heterocycles. The molecule has 7 nitrogen and oxygen atoms in total. The van der Waals surface area contributed by atoms with Gasteiger partial charge in [0.2, 0.25) is 0 Å². The molecule has 1 saturated heterocycles. The lowest BCUT2D eigenvalue weighted by Gasteiger charge is -2.34. The second-order valence-electron chi connectivity index (χ2n) is 6.61. The summed E-state index contributed by atoms with van der Waals surface area (Å²) in [6.07, 6.45) is 4.70. The lowest BCUT2D eigenvalue weighted by Crippen LogP contribution is -2.51. The van der Waals surface area contributed by atoms with Crippen molar-refractivity contribution in [2.45, 2.75) is 13.0 Å². The Morgan fingerprint density at radius 3 is 2.50 bits per heavy atom. The number of benzene rings is 1. The van der Waals surface area contributed by atoms with E-state index < -0.39 is 0 Å². The molecule has 2 aromatic rings. The van der Waals surface area contributed by atoms with Gasteiger partial charge in [-0.1, -0.05) is 12.1 Å². The summed E-state index contributed by atoms with van der Waals surface area (Å²) < 4.78 is 6.93. The first-order valence-electron chi connectivity index (χ1n) is 8.99. The quantitative estimate of drug-likeness (QED) is 0.851. The van der Waals surface area contributed by atoms with Crippen LogP contribution in [0.3, 0.4) is 0 Å². The molecule has 1 aromatic carbocycles. The predicted octanol–water partition coefficient (Wildman–Crippen LogP) is 1.50. The van der Waals surface area contributed by atoms with Crippen molar-refractivity contribution in [3.63, 3.8) is 0 Å². The van der Waals surface area contributed by atoms with E-state index in [0.717, 1.165) is 50.5 Å². The molecule has 0 spiro atoms. The zero-order valence-electron chi connectivity index (χ0n) is 15.5. The number of urea groups is 1. The van der Waals surface area contributed by atoms with Crippen molar-refractivity contribution >= 4 is 6.03 Å². The standard InChI is InChI=1S/C19H27N5O2/c1-22-15-17(14-21-22)13-20-19(25)24-11-9-23(10-12-24)8-7-16-3-5-18(26-2)6-4-16/h3-6,14-15H,7-13H2,1-2H3,(H,20,25). The molecule has 1 fully saturated rings. The number of aromatic nitrogens is 2. The number of hydrogen-bond donors (Lipinski definition) is 1. The molecule has 0 radical (unpaired) electrons. The van der Waals surface area contributed by atoms with Crippen molar-refractivity contribution in [1.29, 1.82) is 0 Å². The smallest absolute Gasteiger partial charge is 0.317 e. The second kappa shape index (κ2) is 8.71. The Hall–Kier alpha value is -2.54. The molecule has 2 heterocycles. The van der Waals surface area contributed by atoms with Crippen LogP contribution in [0.2, 0.25) is 0 Å². The first-order valence-corrected chi connectivity index (χ1v) is 8.99. The van der Waals surface area contributed by atoms with Crippen molar-refractivity contribution in [3.8, 4) is 5.75 Å². The first-order chi connectivity index (χ1) is 12.6. The van der Waals surface area contributed by atoms with Crippen LogP contribution >= 0.6 is 0 Å². The third-order valence-electron chi connectivity index (χ3n) is 4.74. The largest absolute Gasteiger partial charge is 0.497 e. The maximum Gasteiger partial charge on any atom is 0.317 e. The highest BCUT2D eigenvalue weighted by molar-refractivity contribution is 5.74. The van der Waals surface area contributed by atoms with Gasteiger partial charge < -0.3 is 15.0 Å². The van der Waals surface area contributed by atoms with Gasteiger partial charge in [0.05, 0.1) is 13.3 Å². The number of piperazine rings is 1. The van der Waals surface area contributed by atoms with Crippen LogP contribution in [0.4, 0.5) is 4.79 Å². The number of amides is 2. The Morgan fingerprint density at radius 2 is 1.88 bits per heavy atom. The van der Waals surface area contributed by atoms with E-state index in [1.165, 1.54) is 5.56 Å². The van der Waals surface area contributed by atoms with Crippen LogP contribution in [0.1, 0.15) is 11.1 Å². The minimum absolute atomic E-state index is 0.00339. The summed E-state index contributed by atoms with van der Waals surface area (Å²) in [5, 5.41) is 7.08. The Kier molecular flexibility index (Phi) is 6.12. The fourth-order valence-corrected chi connectivity index (χ4v) is 3.11. The average Bonchev–Trinajstić information content (AvgIpc) is 3.10. The van der Waals surface area contributed by atoms with Crippen molar-refractivity contribution in [2.24, 2.45) is 7.05 Å². The normalized spacial score (nSPS) is 15.1. The third kappa shape index (κ3) is 4.98. The Balaban J connectivity index is 1.37. The highest BCUT2D eigenvalue weighted by Gasteiger charge is 2.20. The van der Waals surface area contributed by atoms with E-state index in [1.54, 1.807) is 18.0 Å². The Bertz CT molecular complexity index is 705. The maximum atomic E-state index is 12.3. The minimum Gasteiger partial charge on any atom is -0.497 e. The van der Waals surface area contributed by atoms with Crippen LogP contribution in [-0.4, -0.2) is 65.4 Å². The zero-order chi connectivity index (χ0) is 18.4. The first kappa shape index (κ1) is 18.3. The van der Waals surface area contributed by atoms with Crippen molar-refractivity contribution in [2.75, 3.05) is 39.8 Å². The number of rotatable bonds is 6. The molecule has 140 valence electrons. The van der Waals surface area contributed by atoms with Crippen molar-refractivity contribution in [1.82, 2.24) is 24.9 Å². The summed E-state index contributed by atoms with van der Waals surface area (Å²) >= 11 is 0. The highest BCUT2D eigenvalue weighted by Crippen LogP contribution is 2.12. The maximum absolute atomic E-state index is 12.3. The van der Waals surface area contributed by atoms with Gasteiger partial charge in [-0.25, -0.2) is 4.79 Å². The van der Waals surface area contributed by atoms with Crippen LogP contribution in [0.15, 0.2) is 36.7 Å². The fraction of sp³-hybridized carbons (Fsp3) is 0.474. The summed E-state index contributed by atoms with van der Waals surface area (Å²) in [4.78, 5) is 16.6. The monoisotopic (exact) mass is 357 g/mol. The van der Waals surface area contributed by atoms with Gasteiger partial charge in [0.15, 0.2) is 0 Å². The highest BCUT2D eigenvalue weighted by atomic mass is 16.5. The summed E-state index contributed by atoms with van der Waals surface area (Å²) in [7, 11) is 3.55. The number of ether oxygens (including phenoxy) is 1. The summed E-state index contributed by atoms with van der Waals surface area (Å²) in [5.74, 6) is 0.889. The lowest BCUT2D eigenvalue weighted by atomic mass is 10.1. The second-order valence-corrected chi connectivity index (χ2v) is 6.61. The van der Waals surface area contributed by atoms with Crippen molar-refractivity contribution in [3.05, 3.63) is 47.8 Å². The minimum atomic E-state index is 0.00339. The van der Waals surface area contributed by atoms with Gasteiger partial charge in [0.25, 0.3) is 0 Å². The molecule has 0 aliphatic carbocycles. The molecule has 7 heteroatoms. The van der Waals surface area contributed by atoms with E-state index in [1.807, 2.05) is 30.3 Å². The lowest BCUT2D eigenvalue weighted by molar-refractivity contribution is 0.140. The Morgan fingerprint density at radius 1 is 1.15 bits per heavy atom. The number of nitrogens with zero attached hydrogens (tertiary/aromatic N) is 4. The summed E-state index contributed by atoms with van der Waals surface area (Å²) in [5.41, 5.74) is 2.32. The molecule has 0 saturated carbocycles. The number of carbonyl (C=O) groups is 1. The van der Waals surface area contributed by atoms with E-state index >= 15 is 0 Å². The van der Waals surface area contributed by atoms with Gasteiger partial charge in [-0.05, 0) is 24.1 Å². The van der Waals surface area contributed by atoms with Gasteiger partial charge in [0, 0.05) is 58.1 Å². The topological polar surface area (TPSA) is 62.6 Å². The van der Waals surface area contributed by atoms with Crippen LogP contribution < -0.4 is 10.1 Å². The number of methoxy groups -OCH3 is 1. The van der Waals surface area contributed by atoms with E-state index in [4.69, 9.17) is 4.74 Å². The molecule has 1 aliphatic rings. The van der Waals surface area contributed by atoms with Gasteiger partial charge in [0.1, 0.15) is 5.75 Å². The van der Waals surface area contributed by atoms with E-state index in [0.29, 0.717) is 6.54 Å². The summed E-state index contributed by atoms with van der Waals surface area (Å²) in [6, 6.07) is 8.23. The van der Waals surface area contributed by atoms with Crippen molar-refractivity contribution < 1.29 is 9.53 Å². The number of nitrogens with one attached hydrogen (secondary N) is 1. The molecule has 3 rings (SSSR count). The number of carbonyl (C=O) groups excluding carboxylic acids is 1. The molecule has 1 N–H and O–H groups in total. The van der Waals surface area contributed by atoms with E-state index in [9.17, 15) is 4.79 Å². The molecule has 1 aromatic heterocycles. The SMILES string of the molecule is COc1ccc(CCN2CCN(C(=O)NCc3cnn(C)c3)CC2)cc1. The third-order valence-corrected chi connectivity index (χ3v) is 4.74. The molecule has 0 unspecified atom stereocenters. The zero-order valence-corrected chi connectivity index (χ0v) is 15.5. The van der Waals surface area contributed by atoms with Crippen LogP contribution in [0.5, 0.6) is 5.75 Å². The molecule has 2 amide bonds. The van der Waals surface area contributed by atoms with Crippen LogP contribution in [0, 0.1) is 0 Å². The van der Waals surface area contributed by atoms with E-state index in [-0.39, 0.29) is 6.03 Å². The molecular formula is C19H27N5O2. The average molecular weight is 357 g/mol. The van der Waals surface area contributed by atoms with Gasteiger partial charge >= 0.3 is 6.03 Å². The molecular weight excluding hydrogens is 330 g/mol. The Labute approximate surface area is 154 Å². The summed E-state index contributed by atoms with van der Waals surface area (Å²) in [6.45, 7) is 4.89. The number of hydrogen-bond acceptors (Lipinski definition) is 4. The van der Waals surface area contributed by atoms with E-state index in [2.05, 4.69) is 27.4 Å². The molecule has 0 bridgehead atoms. The predicted molar refractivity (Wildman–Crippen MR) is 100 cm³/mol. The fourth-order valence-electron chi connectivity index (χ4n) is 3.11. The van der Waals surface area contributed by atoms with Crippen LogP contribution in [0.25, 0.3) is 0 Å². The van der Waals surface area contributed by atoms with Gasteiger partial charge in [-0.15, -0.1) is 0 Å². The number of aryl methyl sites for hydroxylation is 1. The molecule has 0 atom stereocenters. The van der Waals surface area contributed by atoms with Gasteiger partial charge in [-0.2, -0.15) is 5.10 Å².